The standard InChI is InChI=1S/C18H29N3O4/c1-6-16(23)20(7-2)13-15(22)19-12-14-8-10-21(11-9-14)17(24)25-18(3,4)5/h6,8H,1,7,9-13H2,2-5H3,(H,19,22). The highest BCUT2D eigenvalue weighted by Gasteiger charge is 2.23. The first-order chi connectivity index (χ1) is 11.7. The fourth-order valence-corrected chi connectivity index (χ4v) is 2.28. The second-order valence-electron chi connectivity index (χ2n) is 6.87. The van der Waals surface area contributed by atoms with Crippen LogP contribution >= 0.6 is 0 Å². The van der Waals surface area contributed by atoms with Gasteiger partial charge < -0.3 is 19.9 Å². The Bertz CT molecular complexity index is 549. The van der Waals surface area contributed by atoms with Gasteiger partial charge in [0, 0.05) is 26.2 Å². The smallest absolute Gasteiger partial charge is 0.410 e. The van der Waals surface area contributed by atoms with Crippen molar-refractivity contribution >= 4 is 17.9 Å². The molecule has 140 valence electrons. The number of nitrogens with one attached hydrogen (secondary N) is 1. The van der Waals surface area contributed by atoms with E-state index in [0.717, 1.165) is 5.57 Å². The van der Waals surface area contributed by atoms with Gasteiger partial charge in [0.2, 0.25) is 11.8 Å². The summed E-state index contributed by atoms with van der Waals surface area (Å²) >= 11 is 0. The van der Waals surface area contributed by atoms with Gasteiger partial charge in [0.15, 0.2) is 0 Å². The van der Waals surface area contributed by atoms with Crippen LogP contribution in [0.3, 0.4) is 0 Å². The van der Waals surface area contributed by atoms with Crippen LogP contribution < -0.4 is 5.32 Å². The molecule has 1 aliphatic heterocycles. The van der Waals surface area contributed by atoms with Crippen LogP contribution in [0.25, 0.3) is 0 Å². The minimum Gasteiger partial charge on any atom is -0.444 e. The second-order valence-corrected chi connectivity index (χ2v) is 6.87. The molecule has 1 aliphatic rings. The molecule has 1 heterocycles. The predicted octanol–water partition coefficient (Wildman–Crippen LogP) is 1.70. The van der Waals surface area contributed by atoms with Crippen molar-refractivity contribution in [2.24, 2.45) is 0 Å². The quantitative estimate of drug-likeness (QED) is 0.584. The molecule has 25 heavy (non-hydrogen) atoms. The van der Waals surface area contributed by atoms with Crippen LogP contribution in [-0.4, -0.2) is 66.0 Å². The Morgan fingerprint density at radius 2 is 2.08 bits per heavy atom. The first kappa shape index (κ1) is 20.7. The minimum atomic E-state index is -0.511. The van der Waals surface area contributed by atoms with E-state index < -0.39 is 5.60 Å². The molecule has 0 bridgehead atoms. The molecule has 0 aliphatic carbocycles. The zero-order valence-corrected chi connectivity index (χ0v) is 15.6. The maximum atomic E-state index is 12.0. The molecule has 0 unspecified atom stereocenters. The summed E-state index contributed by atoms with van der Waals surface area (Å²) in [5, 5.41) is 2.81. The van der Waals surface area contributed by atoms with Gasteiger partial charge in [-0.25, -0.2) is 4.79 Å². The lowest BCUT2D eigenvalue weighted by Gasteiger charge is -2.29. The summed E-state index contributed by atoms with van der Waals surface area (Å²) < 4.78 is 5.34. The van der Waals surface area contributed by atoms with Gasteiger partial charge >= 0.3 is 6.09 Å². The van der Waals surface area contributed by atoms with E-state index in [0.29, 0.717) is 32.6 Å². The predicted molar refractivity (Wildman–Crippen MR) is 96.0 cm³/mol. The Labute approximate surface area is 149 Å². The van der Waals surface area contributed by atoms with Gasteiger partial charge in [-0.1, -0.05) is 18.2 Å². The maximum absolute atomic E-state index is 12.0. The lowest BCUT2D eigenvalue weighted by atomic mass is 10.1. The van der Waals surface area contributed by atoms with Crippen molar-refractivity contribution in [2.45, 2.75) is 39.7 Å². The maximum Gasteiger partial charge on any atom is 0.410 e. The number of carbonyl (C=O) groups excluding carboxylic acids is 3. The lowest BCUT2D eigenvalue weighted by molar-refractivity contribution is -0.132. The van der Waals surface area contributed by atoms with Crippen molar-refractivity contribution in [1.82, 2.24) is 15.1 Å². The minimum absolute atomic E-state index is 0.0126. The lowest BCUT2D eigenvalue weighted by Crippen LogP contribution is -2.42. The van der Waals surface area contributed by atoms with Gasteiger partial charge in [0.25, 0.3) is 0 Å². The van der Waals surface area contributed by atoms with Gasteiger partial charge in [0.05, 0.1) is 6.54 Å². The van der Waals surface area contributed by atoms with E-state index >= 15 is 0 Å². The SMILES string of the molecule is C=CC(=O)N(CC)CC(=O)NCC1=CCN(C(=O)OC(C)(C)C)CC1. The number of nitrogens with zero attached hydrogens (tertiary/aromatic N) is 2. The van der Waals surface area contributed by atoms with E-state index in [1.54, 1.807) is 4.90 Å². The summed E-state index contributed by atoms with van der Waals surface area (Å²) in [7, 11) is 0. The Balaban J connectivity index is 2.42. The summed E-state index contributed by atoms with van der Waals surface area (Å²) in [6, 6.07) is 0. The number of hydrogen-bond acceptors (Lipinski definition) is 4. The van der Waals surface area contributed by atoms with Crippen LogP contribution in [0, 0.1) is 0 Å². The topological polar surface area (TPSA) is 79.0 Å². The summed E-state index contributed by atoms with van der Waals surface area (Å²) in [4.78, 5) is 38.6. The molecule has 0 atom stereocenters. The third kappa shape index (κ3) is 7.41. The third-order valence-electron chi connectivity index (χ3n) is 3.67. The number of rotatable bonds is 6. The Morgan fingerprint density at radius 3 is 2.56 bits per heavy atom. The number of likely N-dealkylation sites (N-methyl/N-ethyl adjacent to an activating group) is 1. The highest BCUT2D eigenvalue weighted by atomic mass is 16.6. The summed E-state index contributed by atoms with van der Waals surface area (Å²) in [5.74, 6) is -0.477. The molecule has 7 heteroatoms. The second kappa shape index (κ2) is 9.25. The van der Waals surface area contributed by atoms with E-state index in [1.807, 2.05) is 33.8 Å². The van der Waals surface area contributed by atoms with Crippen molar-refractivity contribution in [3.05, 3.63) is 24.3 Å². The van der Waals surface area contributed by atoms with Gasteiger partial charge in [-0.2, -0.15) is 0 Å². The molecule has 0 saturated heterocycles. The summed E-state index contributed by atoms with van der Waals surface area (Å²) in [6.07, 6.45) is 3.49. The van der Waals surface area contributed by atoms with Crippen molar-refractivity contribution < 1.29 is 19.1 Å². The molecule has 3 amide bonds. The van der Waals surface area contributed by atoms with Crippen LogP contribution in [0.1, 0.15) is 34.1 Å². The fraction of sp³-hybridized carbons (Fsp3) is 0.611. The molecule has 7 nitrogen and oxygen atoms in total. The highest BCUT2D eigenvalue weighted by Crippen LogP contribution is 2.15. The molecule has 0 spiro atoms. The van der Waals surface area contributed by atoms with E-state index in [1.165, 1.54) is 11.0 Å². The van der Waals surface area contributed by atoms with Crippen molar-refractivity contribution in [3.8, 4) is 0 Å². The molecular weight excluding hydrogens is 322 g/mol. The molecular formula is C18H29N3O4. The molecule has 0 aromatic carbocycles. The van der Waals surface area contributed by atoms with Crippen molar-refractivity contribution in [3.63, 3.8) is 0 Å². The molecule has 0 radical (unpaired) electrons. The van der Waals surface area contributed by atoms with Crippen LogP contribution in [0.4, 0.5) is 4.79 Å². The third-order valence-corrected chi connectivity index (χ3v) is 3.67. The van der Waals surface area contributed by atoms with E-state index in [4.69, 9.17) is 4.74 Å². The van der Waals surface area contributed by atoms with Gasteiger partial charge in [-0.15, -0.1) is 0 Å². The van der Waals surface area contributed by atoms with Crippen molar-refractivity contribution in [2.75, 3.05) is 32.7 Å². The van der Waals surface area contributed by atoms with Crippen LogP contribution in [0.2, 0.25) is 0 Å². The molecule has 0 aromatic heterocycles. The number of ether oxygens (including phenoxy) is 1. The molecule has 0 fully saturated rings. The van der Waals surface area contributed by atoms with E-state index in [2.05, 4.69) is 11.9 Å². The first-order valence-corrected chi connectivity index (χ1v) is 8.50. The number of carbonyl (C=O) groups is 3. The molecule has 1 rings (SSSR count). The summed E-state index contributed by atoms with van der Waals surface area (Å²) in [5.41, 5.74) is 0.551. The van der Waals surface area contributed by atoms with Crippen LogP contribution in [-0.2, 0) is 14.3 Å². The highest BCUT2D eigenvalue weighted by molar-refractivity contribution is 5.90. The van der Waals surface area contributed by atoms with Crippen LogP contribution in [0.5, 0.6) is 0 Å². The molecule has 0 saturated carbocycles. The Kier molecular flexibility index (Phi) is 7.67. The summed E-state index contributed by atoms with van der Waals surface area (Å²) in [6.45, 7) is 12.7. The zero-order chi connectivity index (χ0) is 19.0. The zero-order valence-electron chi connectivity index (χ0n) is 15.6. The monoisotopic (exact) mass is 351 g/mol. The normalized spacial score (nSPS) is 14.4. The Hall–Kier alpha value is -2.31. The van der Waals surface area contributed by atoms with E-state index in [9.17, 15) is 14.4 Å². The number of hydrogen-bond donors (Lipinski definition) is 1. The van der Waals surface area contributed by atoms with Gasteiger partial charge in [-0.05, 0) is 40.2 Å². The Morgan fingerprint density at radius 1 is 1.40 bits per heavy atom. The molecule has 0 aromatic rings. The fourth-order valence-electron chi connectivity index (χ4n) is 2.28. The van der Waals surface area contributed by atoms with Gasteiger partial charge in [-0.3, -0.25) is 9.59 Å². The number of amides is 3. The van der Waals surface area contributed by atoms with Crippen molar-refractivity contribution in [1.29, 1.82) is 0 Å². The van der Waals surface area contributed by atoms with Gasteiger partial charge in [0.1, 0.15) is 5.60 Å². The van der Waals surface area contributed by atoms with Crippen LogP contribution in [0.15, 0.2) is 24.3 Å². The van der Waals surface area contributed by atoms with E-state index in [-0.39, 0.29) is 24.5 Å². The average molecular weight is 351 g/mol. The first-order valence-electron chi connectivity index (χ1n) is 8.50. The molecule has 1 N–H and O–H groups in total. The average Bonchev–Trinajstić information content (AvgIpc) is 2.56. The largest absolute Gasteiger partial charge is 0.444 e.